The van der Waals surface area contributed by atoms with E-state index in [2.05, 4.69) is 0 Å². The van der Waals surface area contributed by atoms with Gasteiger partial charge in [-0.2, -0.15) is 0 Å². The Labute approximate surface area is 152 Å². The van der Waals surface area contributed by atoms with Crippen LogP contribution in [-0.4, -0.2) is 30.1 Å². The fourth-order valence-corrected chi connectivity index (χ4v) is 3.09. The Balaban J connectivity index is 1.78. The molecule has 0 radical (unpaired) electrons. The zero-order chi connectivity index (χ0) is 16.9. The van der Waals surface area contributed by atoms with E-state index in [4.69, 9.17) is 27.9 Å². The van der Waals surface area contributed by atoms with E-state index in [9.17, 15) is 4.79 Å². The van der Waals surface area contributed by atoms with Crippen molar-refractivity contribution in [2.45, 2.75) is 25.5 Å². The first kappa shape index (κ1) is 17.3. The van der Waals surface area contributed by atoms with E-state index >= 15 is 0 Å². The van der Waals surface area contributed by atoms with Crippen LogP contribution in [0.4, 0.5) is 0 Å². The van der Waals surface area contributed by atoms with Gasteiger partial charge in [-0.1, -0.05) is 35.3 Å². The van der Waals surface area contributed by atoms with Gasteiger partial charge in [-0.05, 0) is 54.8 Å². The maximum atomic E-state index is 12.9. The molecule has 2 aromatic rings. The van der Waals surface area contributed by atoms with Crippen molar-refractivity contribution in [1.29, 1.82) is 0 Å². The van der Waals surface area contributed by atoms with Gasteiger partial charge in [0.05, 0.1) is 6.10 Å². The van der Waals surface area contributed by atoms with E-state index in [1.807, 2.05) is 29.2 Å². The Morgan fingerprint density at radius 3 is 2.25 bits per heavy atom. The lowest BCUT2D eigenvalue weighted by Gasteiger charge is -2.26. The second kappa shape index (κ2) is 8.02. The topological polar surface area (TPSA) is 29.5 Å². The summed E-state index contributed by atoms with van der Waals surface area (Å²) in [5.74, 6) is -0.0166. The first-order valence-corrected chi connectivity index (χ1v) is 8.78. The molecule has 3 nitrogen and oxygen atoms in total. The molecule has 0 spiro atoms. The van der Waals surface area contributed by atoms with Gasteiger partial charge < -0.3 is 9.64 Å². The summed E-state index contributed by atoms with van der Waals surface area (Å²) >= 11 is 11.9. The molecule has 126 valence electrons. The van der Waals surface area contributed by atoms with E-state index in [1.54, 1.807) is 24.3 Å². The second-order valence-corrected chi connectivity index (χ2v) is 6.83. The van der Waals surface area contributed by atoms with Gasteiger partial charge in [0.2, 0.25) is 0 Å². The normalized spacial score (nSPS) is 17.0. The maximum Gasteiger partial charge on any atom is 0.254 e. The fraction of sp³-hybridized carbons (Fsp3) is 0.316. The van der Waals surface area contributed by atoms with Crippen LogP contribution in [0.5, 0.6) is 0 Å². The van der Waals surface area contributed by atoms with Gasteiger partial charge in [-0.3, -0.25) is 4.79 Å². The van der Waals surface area contributed by atoms with Crippen molar-refractivity contribution in [3.05, 3.63) is 69.7 Å². The number of amides is 1. The van der Waals surface area contributed by atoms with E-state index in [0.717, 1.165) is 25.0 Å². The molecule has 0 aliphatic carbocycles. The van der Waals surface area contributed by atoms with Crippen LogP contribution in [0.3, 0.4) is 0 Å². The number of halogens is 2. The van der Waals surface area contributed by atoms with Crippen LogP contribution in [0.25, 0.3) is 0 Å². The maximum absolute atomic E-state index is 12.9. The first-order chi connectivity index (χ1) is 11.6. The van der Waals surface area contributed by atoms with Crippen LogP contribution in [0.15, 0.2) is 48.5 Å². The zero-order valence-electron chi connectivity index (χ0n) is 13.3. The van der Waals surface area contributed by atoms with Crippen molar-refractivity contribution in [1.82, 2.24) is 4.90 Å². The van der Waals surface area contributed by atoms with Crippen LogP contribution in [0, 0.1) is 0 Å². The third-order valence-corrected chi connectivity index (χ3v) is 4.62. The third kappa shape index (κ3) is 4.50. The molecule has 5 heteroatoms. The molecule has 24 heavy (non-hydrogen) atoms. The van der Waals surface area contributed by atoms with Crippen molar-refractivity contribution in [3.8, 4) is 0 Å². The highest BCUT2D eigenvalue weighted by atomic mass is 35.5. The Morgan fingerprint density at radius 1 is 1.04 bits per heavy atom. The van der Waals surface area contributed by atoms with Crippen molar-refractivity contribution < 1.29 is 9.53 Å². The molecule has 3 rings (SSSR count). The van der Waals surface area contributed by atoms with Crippen molar-refractivity contribution in [3.63, 3.8) is 0 Å². The molecular formula is C19H19Cl2NO2. The number of ether oxygens (including phenoxy) is 1. The summed E-state index contributed by atoms with van der Waals surface area (Å²) < 4.78 is 5.71. The second-order valence-electron chi connectivity index (χ2n) is 5.95. The van der Waals surface area contributed by atoms with Crippen LogP contribution in [-0.2, 0) is 11.3 Å². The number of carbonyl (C=O) groups excluding carboxylic acids is 1. The number of hydrogen-bond donors (Lipinski definition) is 0. The van der Waals surface area contributed by atoms with E-state index < -0.39 is 0 Å². The van der Waals surface area contributed by atoms with Crippen molar-refractivity contribution >= 4 is 29.1 Å². The lowest BCUT2D eigenvalue weighted by Crippen LogP contribution is -2.36. The van der Waals surface area contributed by atoms with Gasteiger partial charge in [0.15, 0.2) is 0 Å². The van der Waals surface area contributed by atoms with Gasteiger partial charge in [0.25, 0.3) is 5.91 Å². The van der Waals surface area contributed by atoms with Crippen LogP contribution in [0.1, 0.15) is 28.8 Å². The van der Waals surface area contributed by atoms with E-state index in [-0.39, 0.29) is 12.0 Å². The van der Waals surface area contributed by atoms with Crippen LogP contribution >= 0.6 is 23.2 Å². The van der Waals surface area contributed by atoms with Gasteiger partial charge >= 0.3 is 0 Å². The van der Waals surface area contributed by atoms with Gasteiger partial charge in [-0.25, -0.2) is 0 Å². The van der Waals surface area contributed by atoms with E-state index in [1.165, 1.54) is 0 Å². The molecule has 0 saturated carbocycles. The zero-order valence-corrected chi connectivity index (χ0v) is 14.8. The largest absolute Gasteiger partial charge is 0.376 e. The fourth-order valence-electron chi connectivity index (χ4n) is 2.84. The minimum atomic E-state index is -0.0166. The standard InChI is InChI=1S/C19H19Cl2NO2/c20-16-7-3-14(4-8-16)12-22(13-18-2-1-11-24-18)19(23)15-5-9-17(21)10-6-15/h3-10,18H,1-2,11-13H2. The molecule has 1 atom stereocenters. The third-order valence-electron chi connectivity index (χ3n) is 4.11. The molecule has 1 aliphatic heterocycles. The molecule has 1 amide bonds. The summed E-state index contributed by atoms with van der Waals surface area (Å²) in [6, 6.07) is 14.6. The van der Waals surface area contributed by atoms with Crippen LogP contribution < -0.4 is 0 Å². The van der Waals surface area contributed by atoms with Crippen molar-refractivity contribution in [2.24, 2.45) is 0 Å². The summed E-state index contributed by atoms with van der Waals surface area (Å²) in [7, 11) is 0. The highest BCUT2D eigenvalue weighted by Crippen LogP contribution is 2.19. The van der Waals surface area contributed by atoms with Gasteiger partial charge in [-0.15, -0.1) is 0 Å². The molecule has 1 fully saturated rings. The lowest BCUT2D eigenvalue weighted by molar-refractivity contribution is 0.0507. The summed E-state index contributed by atoms with van der Waals surface area (Å²) in [6.45, 7) is 1.89. The predicted octanol–water partition coefficient (Wildman–Crippen LogP) is 4.81. The molecule has 0 aromatic heterocycles. The molecule has 1 unspecified atom stereocenters. The van der Waals surface area contributed by atoms with Crippen molar-refractivity contribution in [2.75, 3.05) is 13.2 Å². The Hall–Kier alpha value is -1.55. The summed E-state index contributed by atoms with van der Waals surface area (Å²) in [5.41, 5.74) is 1.67. The number of rotatable bonds is 5. The lowest BCUT2D eigenvalue weighted by atomic mass is 10.1. The molecule has 1 saturated heterocycles. The van der Waals surface area contributed by atoms with Gasteiger partial charge in [0, 0.05) is 35.3 Å². The number of benzene rings is 2. The molecule has 1 heterocycles. The molecule has 2 aromatic carbocycles. The monoisotopic (exact) mass is 363 g/mol. The molecule has 0 N–H and O–H groups in total. The van der Waals surface area contributed by atoms with E-state index in [0.29, 0.717) is 28.7 Å². The number of carbonyl (C=O) groups is 1. The predicted molar refractivity (Wildman–Crippen MR) is 96.6 cm³/mol. The molecule has 1 aliphatic rings. The SMILES string of the molecule is O=C(c1ccc(Cl)cc1)N(Cc1ccc(Cl)cc1)CC1CCCO1. The quantitative estimate of drug-likeness (QED) is 0.762. The highest BCUT2D eigenvalue weighted by Gasteiger charge is 2.23. The van der Waals surface area contributed by atoms with Gasteiger partial charge in [0.1, 0.15) is 0 Å². The smallest absolute Gasteiger partial charge is 0.254 e. The first-order valence-electron chi connectivity index (χ1n) is 8.03. The Kier molecular flexibility index (Phi) is 5.77. The summed E-state index contributed by atoms with van der Waals surface area (Å²) in [6.07, 6.45) is 2.15. The number of nitrogens with zero attached hydrogens (tertiary/aromatic N) is 1. The summed E-state index contributed by atoms with van der Waals surface area (Å²) in [4.78, 5) is 14.8. The average Bonchev–Trinajstić information content (AvgIpc) is 3.09. The molecule has 0 bridgehead atoms. The highest BCUT2D eigenvalue weighted by molar-refractivity contribution is 6.30. The Bertz CT molecular complexity index is 680. The average molecular weight is 364 g/mol. The van der Waals surface area contributed by atoms with Crippen LogP contribution in [0.2, 0.25) is 10.0 Å². The molecular weight excluding hydrogens is 345 g/mol. The number of hydrogen-bond acceptors (Lipinski definition) is 2. The Morgan fingerprint density at radius 2 is 1.67 bits per heavy atom. The minimum absolute atomic E-state index is 0.0166. The summed E-state index contributed by atoms with van der Waals surface area (Å²) in [5, 5.41) is 1.31. The minimum Gasteiger partial charge on any atom is -0.376 e.